The largest absolute Gasteiger partial charge is 0.381 e. The Bertz CT molecular complexity index is 347. The molecule has 1 aromatic rings. The van der Waals surface area contributed by atoms with Gasteiger partial charge in [-0.05, 0) is 18.8 Å². The fraction of sp³-hybridized carbons (Fsp3) is 0.727. The molecule has 1 amide bonds. The molecule has 6 heteroatoms. The molecule has 1 aromatic heterocycles. The molecule has 1 saturated heterocycles. The van der Waals surface area contributed by atoms with E-state index in [0.717, 1.165) is 19.4 Å². The number of hydrogen-bond donors (Lipinski definition) is 0. The molecule has 0 saturated carbocycles. The minimum Gasteiger partial charge on any atom is -0.381 e. The van der Waals surface area contributed by atoms with E-state index in [1.54, 1.807) is 11.9 Å². The Morgan fingerprint density at radius 1 is 1.65 bits per heavy atom. The van der Waals surface area contributed by atoms with Crippen molar-refractivity contribution in [2.45, 2.75) is 25.8 Å². The molecule has 1 fully saturated rings. The first-order chi connectivity index (χ1) is 8.25. The van der Waals surface area contributed by atoms with Crippen molar-refractivity contribution in [2.75, 3.05) is 20.3 Å². The molecule has 2 heterocycles. The molecule has 1 atom stereocenters. The third-order valence-corrected chi connectivity index (χ3v) is 2.93. The molecule has 0 N–H and O–H groups in total. The topological polar surface area (TPSA) is 68.5 Å². The van der Waals surface area contributed by atoms with Crippen LogP contribution in [0.15, 0.2) is 10.9 Å². The fourth-order valence-corrected chi connectivity index (χ4v) is 1.93. The van der Waals surface area contributed by atoms with Crippen LogP contribution in [0.2, 0.25) is 0 Å². The van der Waals surface area contributed by atoms with Gasteiger partial charge < -0.3 is 14.2 Å². The number of rotatable bonds is 4. The standard InChI is InChI=1S/C11H17N3O3/c1-14(6-10-12-8-17-13-10)11(15)5-9-3-2-4-16-7-9/h8-9H,2-7H2,1H3. The van der Waals surface area contributed by atoms with Crippen LogP contribution in [-0.4, -0.2) is 41.2 Å². The van der Waals surface area contributed by atoms with Gasteiger partial charge in [-0.3, -0.25) is 4.79 Å². The van der Waals surface area contributed by atoms with Crippen LogP contribution in [-0.2, 0) is 16.1 Å². The van der Waals surface area contributed by atoms with E-state index >= 15 is 0 Å². The van der Waals surface area contributed by atoms with Gasteiger partial charge in [0, 0.05) is 26.7 Å². The normalized spacial score (nSPS) is 20.2. The monoisotopic (exact) mass is 239 g/mol. The molecule has 1 aliphatic rings. The summed E-state index contributed by atoms with van der Waals surface area (Å²) in [5, 5.41) is 3.68. The molecule has 0 radical (unpaired) electrons. The first kappa shape index (κ1) is 12.0. The van der Waals surface area contributed by atoms with E-state index in [2.05, 4.69) is 14.7 Å². The maximum absolute atomic E-state index is 11.9. The van der Waals surface area contributed by atoms with E-state index in [9.17, 15) is 4.79 Å². The number of hydrogen-bond acceptors (Lipinski definition) is 5. The van der Waals surface area contributed by atoms with Crippen molar-refractivity contribution in [2.24, 2.45) is 5.92 Å². The van der Waals surface area contributed by atoms with Crippen LogP contribution < -0.4 is 0 Å². The Hall–Kier alpha value is -1.43. The summed E-state index contributed by atoms with van der Waals surface area (Å²) in [6.07, 6.45) is 3.92. The number of carbonyl (C=O) groups is 1. The molecule has 1 aliphatic heterocycles. The third-order valence-electron chi connectivity index (χ3n) is 2.93. The summed E-state index contributed by atoms with van der Waals surface area (Å²) in [6.45, 7) is 1.91. The van der Waals surface area contributed by atoms with Crippen molar-refractivity contribution >= 4 is 5.91 Å². The lowest BCUT2D eigenvalue weighted by molar-refractivity contribution is -0.132. The Balaban J connectivity index is 1.78. The summed E-state index contributed by atoms with van der Waals surface area (Å²) in [5.74, 6) is 0.981. The Kier molecular flexibility index (Phi) is 4.08. The molecule has 1 unspecified atom stereocenters. The van der Waals surface area contributed by atoms with Crippen LogP contribution in [0.3, 0.4) is 0 Å². The van der Waals surface area contributed by atoms with Gasteiger partial charge in [0.25, 0.3) is 0 Å². The highest BCUT2D eigenvalue weighted by atomic mass is 16.5. The van der Waals surface area contributed by atoms with Gasteiger partial charge in [0.2, 0.25) is 12.3 Å². The Morgan fingerprint density at radius 3 is 3.18 bits per heavy atom. The molecule has 6 nitrogen and oxygen atoms in total. The van der Waals surface area contributed by atoms with E-state index in [1.165, 1.54) is 6.39 Å². The predicted molar refractivity (Wildman–Crippen MR) is 58.9 cm³/mol. The van der Waals surface area contributed by atoms with Crippen molar-refractivity contribution in [1.29, 1.82) is 0 Å². The molecule has 2 rings (SSSR count). The zero-order valence-corrected chi connectivity index (χ0v) is 9.96. The number of carbonyl (C=O) groups excluding carboxylic acids is 1. The van der Waals surface area contributed by atoms with Crippen molar-refractivity contribution in [3.63, 3.8) is 0 Å². The third kappa shape index (κ3) is 3.52. The minimum atomic E-state index is 0.102. The van der Waals surface area contributed by atoms with Crippen molar-refractivity contribution in [1.82, 2.24) is 15.0 Å². The number of amides is 1. The van der Waals surface area contributed by atoms with Crippen LogP contribution in [0.25, 0.3) is 0 Å². The second-order valence-electron chi connectivity index (χ2n) is 4.38. The predicted octanol–water partition coefficient (Wildman–Crippen LogP) is 0.845. The molecule has 0 aromatic carbocycles. The molecule has 0 spiro atoms. The lowest BCUT2D eigenvalue weighted by Gasteiger charge is -2.23. The lowest BCUT2D eigenvalue weighted by atomic mass is 9.98. The van der Waals surface area contributed by atoms with Crippen LogP contribution in [0.1, 0.15) is 25.1 Å². The average Bonchev–Trinajstić information content (AvgIpc) is 2.83. The summed E-state index contributed by atoms with van der Waals surface area (Å²) >= 11 is 0. The van der Waals surface area contributed by atoms with Crippen molar-refractivity contribution < 1.29 is 14.1 Å². The van der Waals surface area contributed by atoms with Crippen LogP contribution >= 0.6 is 0 Å². The molecule has 0 bridgehead atoms. The van der Waals surface area contributed by atoms with Gasteiger partial charge in [0.15, 0.2) is 5.82 Å². The first-order valence-electron chi connectivity index (χ1n) is 5.82. The highest BCUT2D eigenvalue weighted by molar-refractivity contribution is 5.76. The number of nitrogens with zero attached hydrogens (tertiary/aromatic N) is 3. The van der Waals surface area contributed by atoms with Gasteiger partial charge in [-0.1, -0.05) is 5.16 Å². The average molecular weight is 239 g/mol. The molecular weight excluding hydrogens is 222 g/mol. The van der Waals surface area contributed by atoms with E-state index in [1.807, 2.05) is 0 Å². The van der Waals surface area contributed by atoms with E-state index in [4.69, 9.17) is 4.74 Å². The lowest BCUT2D eigenvalue weighted by Crippen LogP contribution is -2.30. The van der Waals surface area contributed by atoms with Gasteiger partial charge in [-0.2, -0.15) is 4.98 Å². The Labute approximate surface area is 99.9 Å². The highest BCUT2D eigenvalue weighted by Gasteiger charge is 2.20. The SMILES string of the molecule is CN(Cc1ncon1)C(=O)CC1CCCOC1. The summed E-state index contributed by atoms with van der Waals surface area (Å²) in [6, 6.07) is 0. The molecule has 0 aliphatic carbocycles. The summed E-state index contributed by atoms with van der Waals surface area (Å²) in [5.41, 5.74) is 0. The highest BCUT2D eigenvalue weighted by Crippen LogP contribution is 2.18. The zero-order chi connectivity index (χ0) is 12.1. The maximum atomic E-state index is 11.9. The quantitative estimate of drug-likeness (QED) is 0.779. The zero-order valence-electron chi connectivity index (χ0n) is 9.96. The Morgan fingerprint density at radius 2 is 2.53 bits per heavy atom. The van der Waals surface area contributed by atoms with Gasteiger partial charge in [0.1, 0.15) is 0 Å². The van der Waals surface area contributed by atoms with Gasteiger partial charge in [-0.25, -0.2) is 0 Å². The van der Waals surface area contributed by atoms with Crippen LogP contribution in [0.5, 0.6) is 0 Å². The van der Waals surface area contributed by atoms with Crippen LogP contribution in [0.4, 0.5) is 0 Å². The van der Waals surface area contributed by atoms with Gasteiger partial charge >= 0.3 is 0 Å². The van der Waals surface area contributed by atoms with Gasteiger partial charge in [-0.15, -0.1) is 0 Å². The van der Waals surface area contributed by atoms with E-state index in [0.29, 0.717) is 31.3 Å². The summed E-state index contributed by atoms with van der Waals surface area (Å²) < 4.78 is 9.98. The number of aromatic nitrogens is 2. The molecule has 17 heavy (non-hydrogen) atoms. The molecule has 94 valence electrons. The van der Waals surface area contributed by atoms with Crippen LogP contribution in [0, 0.1) is 5.92 Å². The minimum absolute atomic E-state index is 0.102. The second-order valence-corrected chi connectivity index (χ2v) is 4.38. The number of ether oxygens (including phenoxy) is 1. The fourth-order valence-electron chi connectivity index (χ4n) is 1.93. The van der Waals surface area contributed by atoms with Crippen molar-refractivity contribution in [3.05, 3.63) is 12.2 Å². The van der Waals surface area contributed by atoms with E-state index in [-0.39, 0.29) is 5.91 Å². The smallest absolute Gasteiger partial charge is 0.223 e. The summed E-state index contributed by atoms with van der Waals surface area (Å²) in [4.78, 5) is 17.4. The first-order valence-corrected chi connectivity index (χ1v) is 5.82. The van der Waals surface area contributed by atoms with E-state index < -0.39 is 0 Å². The second kappa shape index (κ2) is 5.77. The summed E-state index contributed by atoms with van der Waals surface area (Å²) in [7, 11) is 1.75. The molecular formula is C11H17N3O3. The maximum Gasteiger partial charge on any atom is 0.223 e. The van der Waals surface area contributed by atoms with Gasteiger partial charge in [0.05, 0.1) is 6.54 Å². The van der Waals surface area contributed by atoms with Crippen molar-refractivity contribution in [3.8, 4) is 0 Å².